The SMILES string of the molecule is C[N](C)[Sn]1[N](C(C)(C)C)C[N]1C(C)(C)C. The number of nitrogens with zero attached hydrogens (tertiary/aromatic N) is 3. The molecule has 1 fully saturated rings. The van der Waals surface area contributed by atoms with Crippen molar-refractivity contribution in [1.29, 1.82) is 0 Å². The molecule has 0 aliphatic carbocycles. The van der Waals surface area contributed by atoms with Gasteiger partial charge in [0.25, 0.3) is 0 Å². The predicted octanol–water partition coefficient (Wildman–Crippen LogP) is 1.70. The van der Waals surface area contributed by atoms with Crippen LogP contribution in [0.5, 0.6) is 0 Å². The van der Waals surface area contributed by atoms with Crippen LogP contribution in [0.1, 0.15) is 41.5 Å². The van der Waals surface area contributed by atoms with Gasteiger partial charge < -0.3 is 0 Å². The fraction of sp³-hybridized carbons (Fsp3) is 1.00. The first-order valence-corrected chi connectivity index (χ1v) is 9.47. The maximum atomic E-state index is 2.72. The van der Waals surface area contributed by atoms with Crippen LogP contribution < -0.4 is 0 Å². The molecule has 4 heteroatoms. The first kappa shape index (κ1) is 13.7. The van der Waals surface area contributed by atoms with Crippen LogP contribution in [0.2, 0.25) is 0 Å². The van der Waals surface area contributed by atoms with Gasteiger partial charge in [-0.3, -0.25) is 0 Å². The molecule has 0 atom stereocenters. The molecule has 0 bridgehead atoms. The standard InChI is InChI=1S/C9H20N2.C2H6N.Sn/c1-8(2,3)10-7-11-9(4,5)6;1-3-2;/h7H2,1-6H3;1-2H3;/q-2;-1;+3. The van der Waals surface area contributed by atoms with Crippen LogP contribution in [0.25, 0.3) is 0 Å². The quantitative estimate of drug-likeness (QED) is 0.681. The Morgan fingerprint density at radius 3 is 1.40 bits per heavy atom. The molecule has 1 rings (SSSR count). The molecule has 0 N–H and O–H groups in total. The summed E-state index contributed by atoms with van der Waals surface area (Å²) in [6, 6.07) is 0. The average molecular weight is 319 g/mol. The summed E-state index contributed by atoms with van der Waals surface area (Å²) in [6.07, 6.45) is 0. The molecule has 3 nitrogen and oxygen atoms in total. The third-order valence-electron chi connectivity index (χ3n) is 2.79. The van der Waals surface area contributed by atoms with Gasteiger partial charge in [-0.15, -0.1) is 0 Å². The predicted molar refractivity (Wildman–Crippen MR) is 67.5 cm³/mol. The zero-order chi connectivity index (χ0) is 12.0. The van der Waals surface area contributed by atoms with Crippen LogP contribution in [0, 0.1) is 0 Å². The van der Waals surface area contributed by atoms with Crippen LogP contribution in [0.15, 0.2) is 0 Å². The molecule has 0 aromatic carbocycles. The Morgan fingerprint density at radius 1 is 0.867 bits per heavy atom. The Morgan fingerprint density at radius 2 is 1.20 bits per heavy atom. The first-order valence-electron chi connectivity index (χ1n) is 5.64. The number of rotatable bonds is 1. The molecule has 1 aliphatic rings. The normalized spacial score (nSPS) is 22.2. The van der Waals surface area contributed by atoms with Crippen molar-refractivity contribution in [3.63, 3.8) is 0 Å². The molecule has 0 amide bonds. The molecule has 0 aromatic heterocycles. The van der Waals surface area contributed by atoms with Gasteiger partial charge in [0.2, 0.25) is 0 Å². The fourth-order valence-corrected chi connectivity index (χ4v) is 9.74. The summed E-state index contributed by atoms with van der Waals surface area (Å²) in [6.45, 7) is 15.1. The van der Waals surface area contributed by atoms with E-state index in [1.807, 2.05) is 0 Å². The third-order valence-corrected chi connectivity index (χ3v) is 12.5. The van der Waals surface area contributed by atoms with Crippen LogP contribution in [-0.2, 0) is 0 Å². The summed E-state index contributed by atoms with van der Waals surface area (Å²) >= 11 is -1.67. The summed E-state index contributed by atoms with van der Waals surface area (Å²) in [5.74, 6) is 0. The van der Waals surface area contributed by atoms with Crippen molar-refractivity contribution >= 4 is 20.6 Å². The van der Waals surface area contributed by atoms with Crippen LogP contribution >= 0.6 is 0 Å². The van der Waals surface area contributed by atoms with E-state index >= 15 is 0 Å². The molecule has 1 heterocycles. The van der Waals surface area contributed by atoms with E-state index in [9.17, 15) is 0 Å². The molecule has 1 radical (unpaired) electrons. The van der Waals surface area contributed by atoms with Crippen molar-refractivity contribution in [3.8, 4) is 0 Å². The van der Waals surface area contributed by atoms with Gasteiger partial charge in [0, 0.05) is 0 Å². The van der Waals surface area contributed by atoms with E-state index in [0.717, 1.165) is 6.67 Å². The zero-order valence-corrected chi connectivity index (χ0v) is 14.4. The summed E-state index contributed by atoms with van der Waals surface area (Å²) in [4.78, 5) is 0. The Labute approximate surface area is 103 Å². The second-order valence-electron chi connectivity index (χ2n) is 6.53. The van der Waals surface area contributed by atoms with Crippen molar-refractivity contribution in [2.45, 2.75) is 52.6 Å². The minimum atomic E-state index is -1.67. The van der Waals surface area contributed by atoms with Crippen molar-refractivity contribution in [3.05, 3.63) is 0 Å². The second-order valence-corrected chi connectivity index (χ2v) is 13.9. The van der Waals surface area contributed by atoms with Gasteiger partial charge in [0.05, 0.1) is 0 Å². The Hall–Kier alpha value is 0.679. The molecule has 15 heavy (non-hydrogen) atoms. The van der Waals surface area contributed by atoms with Crippen molar-refractivity contribution < 1.29 is 0 Å². The Balaban J connectivity index is 2.78. The van der Waals surface area contributed by atoms with E-state index in [1.165, 1.54) is 0 Å². The molecular weight excluding hydrogens is 293 g/mol. The minimum absolute atomic E-state index is 0.334. The molecule has 89 valence electrons. The number of hydrogen-bond acceptors (Lipinski definition) is 3. The molecule has 0 unspecified atom stereocenters. The van der Waals surface area contributed by atoms with Gasteiger partial charge >= 0.3 is 103 Å². The third kappa shape index (κ3) is 2.87. The fourth-order valence-electron chi connectivity index (χ4n) is 1.84. The number of hydrogen-bond donors (Lipinski definition) is 0. The van der Waals surface area contributed by atoms with E-state index in [2.05, 4.69) is 65.0 Å². The van der Waals surface area contributed by atoms with Crippen LogP contribution in [-0.4, -0.2) is 61.8 Å². The molecule has 0 aromatic rings. The van der Waals surface area contributed by atoms with E-state index in [1.54, 1.807) is 0 Å². The van der Waals surface area contributed by atoms with Crippen LogP contribution in [0.4, 0.5) is 0 Å². The molecule has 0 spiro atoms. The van der Waals surface area contributed by atoms with Gasteiger partial charge in [-0.25, -0.2) is 0 Å². The van der Waals surface area contributed by atoms with Gasteiger partial charge in [-0.05, 0) is 0 Å². The van der Waals surface area contributed by atoms with Crippen molar-refractivity contribution in [2.75, 3.05) is 20.8 Å². The summed E-state index contributed by atoms with van der Waals surface area (Å²) in [5, 5.41) is 0. The van der Waals surface area contributed by atoms with Crippen molar-refractivity contribution in [2.24, 2.45) is 0 Å². The van der Waals surface area contributed by atoms with E-state index in [0.29, 0.717) is 11.1 Å². The Bertz CT molecular complexity index is 207. The molecule has 1 saturated heterocycles. The van der Waals surface area contributed by atoms with Gasteiger partial charge in [-0.2, -0.15) is 0 Å². The summed E-state index contributed by atoms with van der Waals surface area (Å²) in [7, 11) is 4.48. The molecule has 1 aliphatic heterocycles. The average Bonchev–Trinajstić information content (AvgIpc) is 1.72. The maximum absolute atomic E-state index is 2.72. The second kappa shape index (κ2) is 4.17. The monoisotopic (exact) mass is 320 g/mol. The van der Waals surface area contributed by atoms with E-state index < -0.39 is 20.6 Å². The van der Waals surface area contributed by atoms with Crippen molar-refractivity contribution in [1.82, 2.24) is 9.36 Å². The summed E-state index contributed by atoms with van der Waals surface area (Å²) < 4.78 is 7.93. The van der Waals surface area contributed by atoms with E-state index in [-0.39, 0.29) is 0 Å². The van der Waals surface area contributed by atoms with Gasteiger partial charge in [0.1, 0.15) is 0 Å². The first-order chi connectivity index (χ1) is 6.55. The van der Waals surface area contributed by atoms with E-state index in [4.69, 9.17) is 0 Å². The molecule has 0 saturated carbocycles. The van der Waals surface area contributed by atoms with Crippen LogP contribution in [0.3, 0.4) is 0 Å². The van der Waals surface area contributed by atoms with Gasteiger partial charge in [-0.1, -0.05) is 0 Å². The zero-order valence-electron chi connectivity index (χ0n) is 11.5. The summed E-state index contributed by atoms with van der Waals surface area (Å²) in [5.41, 5.74) is 0.668. The Kier molecular flexibility index (Phi) is 3.82. The topological polar surface area (TPSA) is 9.72 Å². The molecular formula is C11H26N3Sn. The van der Waals surface area contributed by atoms with Gasteiger partial charge in [0.15, 0.2) is 0 Å².